The first-order valence-corrected chi connectivity index (χ1v) is 8.29. The van der Waals surface area contributed by atoms with Gasteiger partial charge < -0.3 is 15.2 Å². The van der Waals surface area contributed by atoms with Gasteiger partial charge in [0.15, 0.2) is 5.13 Å². The number of thiazole rings is 1. The molecule has 24 heavy (non-hydrogen) atoms. The van der Waals surface area contributed by atoms with Crippen molar-refractivity contribution >= 4 is 28.1 Å². The molecule has 0 amide bonds. The van der Waals surface area contributed by atoms with Crippen LogP contribution in [0.4, 0.5) is 10.8 Å². The minimum Gasteiger partial charge on any atom is -0.492 e. The third-order valence-corrected chi connectivity index (χ3v) is 4.26. The Hall–Kier alpha value is -2.86. The van der Waals surface area contributed by atoms with Crippen molar-refractivity contribution in [3.63, 3.8) is 0 Å². The van der Waals surface area contributed by atoms with Gasteiger partial charge >= 0.3 is 5.97 Å². The zero-order valence-corrected chi connectivity index (χ0v) is 13.8. The zero-order chi connectivity index (χ0) is 16.9. The summed E-state index contributed by atoms with van der Waals surface area (Å²) in [6, 6.07) is 16.8. The van der Waals surface area contributed by atoms with Crippen LogP contribution in [-0.4, -0.2) is 22.7 Å². The number of carboxylic acid groups (broad SMARTS) is 1. The lowest BCUT2D eigenvalue weighted by molar-refractivity contribution is 0.0702. The van der Waals surface area contributed by atoms with E-state index in [-0.39, 0.29) is 4.88 Å². The van der Waals surface area contributed by atoms with Crippen molar-refractivity contribution in [3.8, 4) is 17.0 Å². The monoisotopic (exact) mass is 340 g/mol. The van der Waals surface area contributed by atoms with Crippen LogP contribution in [0.3, 0.4) is 0 Å². The fourth-order valence-electron chi connectivity index (χ4n) is 2.28. The van der Waals surface area contributed by atoms with Gasteiger partial charge in [0.05, 0.1) is 18.0 Å². The average Bonchev–Trinajstić information content (AvgIpc) is 3.02. The topological polar surface area (TPSA) is 71.5 Å². The Morgan fingerprint density at radius 1 is 1.17 bits per heavy atom. The lowest BCUT2D eigenvalue weighted by Crippen LogP contribution is -1.97. The summed E-state index contributed by atoms with van der Waals surface area (Å²) in [5, 5.41) is 13.1. The quantitative estimate of drug-likeness (QED) is 0.683. The standard InChI is InChI=1S/C18H16N2O3S/c1-2-23-14-11-7-6-10-13(14)19-18-20-15(16(24-18)17(21)22)12-8-4-3-5-9-12/h3-11H,2H2,1H3,(H,19,20)(H,21,22). The van der Waals surface area contributed by atoms with E-state index in [1.807, 2.05) is 61.5 Å². The number of aromatic carboxylic acids is 1. The first-order chi connectivity index (χ1) is 11.7. The number of aromatic nitrogens is 1. The molecule has 0 bridgehead atoms. The highest BCUT2D eigenvalue weighted by atomic mass is 32.1. The van der Waals surface area contributed by atoms with Gasteiger partial charge in [-0.15, -0.1) is 0 Å². The smallest absolute Gasteiger partial charge is 0.348 e. The van der Waals surface area contributed by atoms with Gasteiger partial charge in [0.2, 0.25) is 0 Å². The van der Waals surface area contributed by atoms with Crippen molar-refractivity contribution in [3.05, 3.63) is 59.5 Å². The lowest BCUT2D eigenvalue weighted by Gasteiger charge is -2.09. The van der Waals surface area contributed by atoms with Gasteiger partial charge in [-0.1, -0.05) is 53.8 Å². The van der Waals surface area contributed by atoms with Crippen molar-refractivity contribution in [1.82, 2.24) is 4.98 Å². The Labute approximate surface area is 143 Å². The largest absolute Gasteiger partial charge is 0.492 e. The molecule has 0 spiro atoms. The minimum atomic E-state index is -0.988. The van der Waals surface area contributed by atoms with E-state index in [0.717, 1.165) is 22.6 Å². The van der Waals surface area contributed by atoms with E-state index in [1.165, 1.54) is 0 Å². The highest BCUT2D eigenvalue weighted by Gasteiger charge is 2.19. The number of nitrogens with zero attached hydrogens (tertiary/aromatic N) is 1. The summed E-state index contributed by atoms with van der Waals surface area (Å²) in [5.41, 5.74) is 1.99. The van der Waals surface area contributed by atoms with Crippen molar-refractivity contribution < 1.29 is 14.6 Å². The van der Waals surface area contributed by atoms with Gasteiger partial charge in [0.1, 0.15) is 10.6 Å². The lowest BCUT2D eigenvalue weighted by atomic mass is 10.1. The molecule has 0 aliphatic heterocycles. The van der Waals surface area contributed by atoms with Crippen LogP contribution in [0.5, 0.6) is 5.75 Å². The second kappa shape index (κ2) is 7.14. The van der Waals surface area contributed by atoms with E-state index in [4.69, 9.17) is 4.74 Å². The Morgan fingerprint density at radius 2 is 1.88 bits per heavy atom. The highest BCUT2D eigenvalue weighted by Crippen LogP contribution is 2.34. The van der Waals surface area contributed by atoms with E-state index < -0.39 is 5.97 Å². The van der Waals surface area contributed by atoms with E-state index in [0.29, 0.717) is 23.2 Å². The second-order valence-corrected chi connectivity index (χ2v) is 5.92. The van der Waals surface area contributed by atoms with Crippen molar-refractivity contribution in [2.75, 3.05) is 11.9 Å². The molecule has 1 heterocycles. The van der Waals surface area contributed by atoms with Gasteiger partial charge in [-0.25, -0.2) is 9.78 Å². The predicted molar refractivity (Wildman–Crippen MR) is 95.4 cm³/mol. The van der Waals surface area contributed by atoms with Crippen LogP contribution in [0.25, 0.3) is 11.3 Å². The molecule has 5 nitrogen and oxygen atoms in total. The van der Waals surface area contributed by atoms with Gasteiger partial charge in [0, 0.05) is 5.56 Å². The Morgan fingerprint density at radius 3 is 2.58 bits per heavy atom. The number of ether oxygens (including phenoxy) is 1. The second-order valence-electron chi connectivity index (χ2n) is 4.92. The van der Waals surface area contributed by atoms with Crippen molar-refractivity contribution in [1.29, 1.82) is 0 Å². The maximum atomic E-state index is 11.5. The molecule has 1 aromatic heterocycles. The fraction of sp³-hybridized carbons (Fsp3) is 0.111. The van der Waals surface area contributed by atoms with Crippen LogP contribution in [0.2, 0.25) is 0 Å². The molecule has 0 fully saturated rings. The van der Waals surface area contributed by atoms with Gasteiger partial charge in [-0.3, -0.25) is 0 Å². The Balaban J connectivity index is 1.97. The summed E-state index contributed by atoms with van der Waals surface area (Å²) in [4.78, 5) is 16.2. The Bertz CT molecular complexity index is 846. The third-order valence-electron chi connectivity index (χ3n) is 3.30. The van der Waals surface area contributed by atoms with Crippen molar-refractivity contribution in [2.24, 2.45) is 0 Å². The van der Waals surface area contributed by atoms with Gasteiger partial charge in [0.25, 0.3) is 0 Å². The van der Waals surface area contributed by atoms with Crippen molar-refractivity contribution in [2.45, 2.75) is 6.92 Å². The molecule has 0 radical (unpaired) electrons. The maximum absolute atomic E-state index is 11.5. The highest BCUT2D eigenvalue weighted by molar-refractivity contribution is 7.18. The molecule has 2 N–H and O–H groups in total. The van der Waals surface area contributed by atoms with Crippen LogP contribution < -0.4 is 10.1 Å². The minimum absolute atomic E-state index is 0.206. The third kappa shape index (κ3) is 3.38. The number of hydrogen-bond donors (Lipinski definition) is 2. The summed E-state index contributed by atoms with van der Waals surface area (Å²) in [7, 11) is 0. The van der Waals surface area contributed by atoms with E-state index in [1.54, 1.807) is 0 Å². The van der Waals surface area contributed by atoms with Crippen LogP contribution >= 0.6 is 11.3 Å². The number of para-hydroxylation sites is 2. The number of carboxylic acids is 1. The summed E-state index contributed by atoms with van der Waals surface area (Å²) in [5.74, 6) is -0.286. The van der Waals surface area contributed by atoms with Crippen LogP contribution in [0, 0.1) is 0 Å². The molecule has 3 aromatic rings. The number of benzene rings is 2. The Kier molecular flexibility index (Phi) is 4.77. The molecule has 0 atom stereocenters. The van der Waals surface area contributed by atoms with Crippen LogP contribution in [-0.2, 0) is 0 Å². The summed E-state index contributed by atoms with van der Waals surface area (Å²) < 4.78 is 5.58. The first kappa shape index (κ1) is 16.0. The fourth-order valence-corrected chi connectivity index (χ4v) is 3.12. The molecule has 0 saturated heterocycles. The predicted octanol–water partition coefficient (Wildman–Crippen LogP) is 4.65. The van der Waals surface area contributed by atoms with Gasteiger partial charge in [-0.2, -0.15) is 0 Å². The van der Waals surface area contributed by atoms with Crippen LogP contribution in [0.1, 0.15) is 16.6 Å². The van der Waals surface area contributed by atoms with E-state index in [9.17, 15) is 9.90 Å². The normalized spacial score (nSPS) is 10.4. The molecule has 3 rings (SSSR count). The number of carbonyl (C=O) groups is 1. The molecule has 0 unspecified atom stereocenters. The summed E-state index contributed by atoms with van der Waals surface area (Å²) in [6.07, 6.45) is 0. The van der Waals surface area contributed by atoms with E-state index in [2.05, 4.69) is 10.3 Å². The molecule has 122 valence electrons. The van der Waals surface area contributed by atoms with E-state index >= 15 is 0 Å². The molecule has 0 aliphatic rings. The number of nitrogens with one attached hydrogen (secondary N) is 1. The van der Waals surface area contributed by atoms with Gasteiger partial charge in [-0.05, 0) is 19.1 Å². The molecule has 0 saturated carbocycles. The average molecular weight is 340 g/mol. The molecule has 2 aromatic carbocycles. The maximum Gasteiger partial charge on any atom is 0.348 e. The van der Waals surface area contributed by atoms with Crippen LogP contribution in [0.15, 0.2) is 54.6 Å². The first-order valence-electron chi connectivity index (χ1n) is 7.47. The number of rotatable bonds is 6. The molecule has 6 heteroatoms. The molecular formula is C18H16N2O3S. The summed E-state index contributed by atoms with van der Waals surface area (Å²) >= 11 is 1.11. The zero-order valence-electron chi connectivity index (χ0n) is 13.0. The number of anilines is 2. The number of hydrogen-bond acceptors (Lipinski definition) is 5. The molecular weight excluding hydrogens is 324 g/mol. The summed E-state index contributed by atoms with van der Waals surface area (Å²) in [6.45, 7) is 2.46. The SMILES string of the molecule is CCOc1ccccc1Nc1nc(-c2ccccc2)c(C(=O)O)s1. The molecule has 0 aliphatic carbocycles.